The van der Waals surface area contributed by atoms with Crippen molar-refractivity contribution in [2.24, 2.45) is 0 Å². The molecule has 10 nitrogen and oxygen atoms in total. The Kier molecular flexibility index (Phi) is 3.93. The van der Waals surface area contributed by atoms with Gasteiger partial charge >= 0.3 is 11.8 Å². The topological polar surface area (TPSA) is 129 Å². The third-order valence-corrected chi connectivity index (χ3v) is 6.22. The van der Waals surface area contributed by atoms with E-state index in [1.54, 1.807) is 35.6 Å². The monoisotopic (exact) mass is 436 g/mol. The van der Waals surface area contributed by atoms with E-state index in [4.69, 9.17) is 4.42 Å². The number of carbonyl (C=O) groups is 1. The first-order chi connectivity index (χ1) is 15.2. The average Bonchev–Trinajstić information content (AvgIpc) is 3.58. The third kappa shape index (κ3) is 2.83. The maximum atomic E-state index is 14.3. The van der Waals surface area contributed by atoms with Crippen LogP contribution in [-0.2, 0) is 6.42 Å². The molecule has 0 aliphatic carbocycles. The number of amides is 1. The van der Waals surface area contributed by atoms with Gasteiger partial charge in [-0.05, 0) is 18.2 Å². The van der Waals surface area contributed by atoms with Crippen LogP contribution in [0.1, 0.15) is 33.1 Å². The number of benzene rings is 1. The molecule has 0 radical (unpaired) electrons. The van der Waals surface area contributed by atoms with Crippen LogP contribution < -0.4 is 0 Å². The highest BCUT2D eigenvalue weighted by Gasteiger charge is 2.38. The first kappa shape index (κ1) is 17.9. The van der Waals surface area contributed by atoms with Gasteiger partial charge in [0, 0.05) is 24.9 Å². The summed E-state index contributed by atoms with van der Waals surface area (Å²) >= 11 is 1.33. The molecule has 154 valence electrons. The number of rotatable bonds is 3. The molecule has 5 aromatic rings. The molecule has 31 heavy (non-hydrogen) atoms. The quantitative estimate of drug-likeness (QED) is 0.445. The summed E-state index contributed by atoms with van der Waals surface area (Å²) in [6.45, 7) is 0.388. The number of hydrogen-bond acceptors (Lipinski definition) is 8. The van der Waals surface area contributed by atoms with Gasteiger partial charge in [0.2, 0.25) is 0 Å². The van der Waals surface area contributed by atoms with Crippen molar-refractivity contribution < 1.29 is 13.6 Å². The van der Waals surface area contributed by atoms with Crippen molar-refractivity contribution in [1.82, 2.24) is 40.2 Å². The van der Waals surface area contributed by atoms with Crippen molar-refractivity contribution in [2.75, 3.05) is 6.54 Å². The lowest BCUT2D eigenvalue weighted by Gasteiger charge is -2.32. The highest BCUT2D eigenvalue weighted by atomic mass is 32.1. The second-order valence-corrected chi connectivity index (χ2v) is 8.00. The van der Waals surface area contributed by atoms with Gasteiger partial charge in [0.15, 0.2) is 0 Å². The molecule has 1 amide bonds. The van der Waals surface area contributed by atoms with E-state index in [-0.39, 0.29) is 17.3 Å². The van der Waals surface area contributed by atoms with E-state index in [0.717, 1.165) is 5.69 Å². The Morgan fingerprint density at radius 2 is 2.23 bits per heavy atom. The lowest BCUT2D eigenvalue weighted by atomic mass is 10.0. The molecule has 2 N–H and O–H groups in total. The number of carbonyl (C=O) groups excluding carboxylic acids is 1. The molecule has 0 bridgehead atoms. The van der Waals surface area contributed by atoms with Gasteiger partial charge in [0.05, 0.1) is 16.7 Å². The van der Waals surface area contributed by atoms with Gasteiger partial charge in [-0.1, -0.05) is 6.07 Å². The van der Waals surface area contributed by atoms with Crippen LogP contribution in [0.3, 0.4) is 0 Å². The predicted molar refractivity (Wildman–Crippen MR) is 107 cm³/mol. The van der Waals surface area contributed by atoms with Crippen LogP contribution in [0.2, 0.25) is 0 Å². The first-order valence-corrected chi connectivity index (χ1v) is 10.2. The Bertz CT molecular complexity index is 1410. The molecular formula is C19H13FN8O2S. The fraction of sp³-hybridized carbons (Fsp3) is 0.158. The van der Waals surface area contributed by atoms with Crippen LogP contribution in [-0.4, -0.2) is 52.7 Å². The van der Waals surface area contributed by atoms with Gasteiger partial charge in [-0.15, -0.1) is 21.5 Å². The Hall–Kier alpha value is -3.93. The largest absolute Gasteiger partial charge is 0.411 e. The number of halogens is 1. The molecule has 0 saturated carbocycles. The van der Waals surface area contributed by atoms with Crippen LogP contribution in [0.5, 0.6) is 0 Å². The number of thiazole rings is 1. The molecule has 5 heterocycles. The maximum absolute atomic E-state index is 14.3. The number of H-pyrrole nitrogens is 2. The Morgan fingerprint density at radius 1 is 1.29 bits per heavy atom. The van der Waals surface area contributed by atoms with Crippen LogP contribution >= 0.6 is 11.3 Å². The molecular weight excluding hydrogens is 423 g/mol. The normalized spacial score (nSPS) is 16.0. The van der Waals surface area contributed by atoms with E-state index in [1.807, 2.05) is 0 Å². The SMILES string of the molecule is O=C(c1nnc(-c2ccn[nH]2)o1)N1CCc2[nH]cnc2[C@H]1c1nc2c(F)cccc2s1. The lowest BCUT2D eigenvalue weighted by molar-refractivity contribution is 0.0650. The standard InChI is InChI=1S/C19H13FN8O2S/c20-9-2-1-3-12-13(9)24-18(31-12)15-14-10(21-8-22-14)5-7-28(15)19(29)17-27-26-16(30-17)11-4-6-23-25-11/h1-4,6,8,15H,5,7H2,(H,21,22)(H,23,25)/t15-/m0/s1. The maximum Gasteiger partial charge on any atom is 0.312 e. The van der Waals surface area contributed by atoms with Gasteiger partial charge < -0.3 is 14.3 Å². The second kappa shape index (κ2) is 6.80. The highest BCUT2D eigenvalue weighted by molar-refractivity contribution is 7.18. The van der Waals surface area contributed by atoms with Crippen LogP contribution in [0.15, 0.2) is 41.2 Å². The predicted octanol–water partition coefficient (Wildman–Crippen LogP) is 2.72. The summed E-state index contributed by atoms with van der Waals surface area (Å²) in [7, 11) is 0. The van der Waals surface area contributed by atoms with Gasteiger partial charge in [-0.3, -0.25) is 9.89 Å². The van der Waals surface area contributed by atoms with Crippen LogP contribution in [0.25, 0.3) is 21.8 Å². The summed E-state index contributed by atoms with van der Waals surface area (Å²) in [5.41, 5.74) is 2.37. The molecule has 1 aliphatic rings. The van der Waals surface area contributed by atoms with Crippen LogP contribution in [0.4, 0.5) is 4.39 Å². The van der Waals surface area contributed by atoms with E-state index >= 15 is 0 Å². The summed E-state index contributed by atoms with van der Waals surface area (Å²) in [4.78, 5) is 27.0. The highest BCUT2D eigenvalue weighted by Crippen LogP contribution is 2.38. The summed E-state index contributed by atoms with van der Waals surface area (Å²) in [6, 6.07) is 5.87. The summed E-state index contributed by atoms with van der Waals surface area (Å²) in [5.74, 6) is -0.841. The van der Waals surface area contributed by atoms with Gasteiger partial charge in [-0.2, -0.15) is 5.10 Å². The zero-order valence-corrected chi connectivity index (χ0v) is 16.6. The van der Waals surface area contributed by atoms with Crippen molar-refractivity contribution in [3.05, 3.63) is 64.9 Å². The van der Waals surface area contributed by atoms with E-state index in [9.17, 15) is 9.18 Å². The fourth-order valence-electron chi connectivity index (χ4n) is 3.71. The minimum Gasteiger partial charge on any atom is -0.411 e. The number of fused-ring (bicyclic) bond motifs is 2. The Balaban J connectivity index is 1.42. The molecule has 1 aromatic carbocycles. The molecule has 0 fully saturated rings. The van der Waals surface area contributed by atoms with E-state index in [2.05, 4.69) is 35.3 Å². The van der Waals surface area contributed by atoms with Crippen molar-refractivity contribution in [1.29, 1.82) is 0 Å². The minimum atomic E-state index is -0.596. The molecule has 12 heteroatoms. The van der Waals surface area contributed by atoms with E-state index < -0.39 is 17.8 Å². The smallest absolute Gasteiger partial charge is 0.312 e. The molecule has 0 spiro atoms. The van der Waals surface area contributed by atoms with Crippen molar-refractivity contribution in [3.63, 3.8) is 0 Å². The zero-order chi connectivity index (χ0) is 20.9. The van der Waals surface area contributed by atoms with Crippen LogP contribution in [0, 0.1) is 5.82 Å². The second-order valence-electron chi connectivity index (χ2n) is 6.94. The third-order valence-electron chi connectivity index (χ3n) is 5.15. The number of aromatic nitrogens is 7. The number of imidazole rings is 1. The van der Waals surface area contributed by atoms with Crippen molar-refractivity contribution >= 4 is 27.5 Å². The first-order valence-electron chi connectivity index (χ1n) is 9.40. The Labute approximate surface area is 177 Å². The Morgan fingerprint density at radius 3 is 3.06 bits per heavy atom. The average molecular weight is 436 g/mol. The van der Waals surface area contributed by atoms with Crippen molar-refractivity contribution in [2.45, 2.75) is 12.5 Å². The molecule has 6 rings (SSSR count). The fourth-order valence-corrected chi connectivity index (χ4v) is 4.81. The van der Waals surface area contributed by atoms with Gasteiger partial charge in [0.25, 0.3) is 5.89 Å². The summed E-state index contributed by atoms with van der Waals surface area (Å²) < 4.78 is 20.5. The number of hydrogen-bond donors (Lipinski definition) is 2. The van der Waals surface area contributed by atoms with E-state index in [1.165, 1.54) is 17.4 Å². The molecule has 1 aliphatic heterocycles. The van der Waals surface area contributed by atoms with Crippen molar-refractivity contribution in [3.8, 4) is 11.6 Å². The zero-order valence-electron chi connectivity index (χ0n) is 15.7. The number of para-hydroxylation sites is 1. The minimum absolute atomic E-state index is 0.152. The molecule has 0 unspecified atom stereocenters. The van der Waals surface area contributed by atoms with Gasteiger partial charge in [0.1, 0.15) is 28.1 Å². The molecule has 4 aromatic heterocycles. The number of aromatic amines is 2. The molecule has 1 atom stereocenters. The number of nitrogens with one attached hydrogen (secondary N) is 2. The summed E-state index contributed by atoms with van der Waals surface area (Å²) in [5, 5.41) is 15.0. The van der Waals surface area contributed by atoms with Gasteiger partial charge in [-0.25, -0.2) is 14.4 Å². The lowest BCUT2D eigenvalue weighted by Crippen LogP contribution is -2.41. The number of nitrogens with zero attached hydrogens (tertiary/aromatic N) is 6. The molecule has 0 saturated heterocycles. The van der Waals surface area contributed by atoms with E-state index in [0.29, 0.717) is 34.1 Å². The summed E-state index contributed by atoms with van der Waals surface area (Å²) in [6.07, 6.45) is 3.72.